The maximum Gasteiger partial charge on any atom is 0.106 e. The van der Waals surface area contributed by atoms with Crippen molar-refractivity contribution in [1.29, 1.82) is 0 Å². The lowest BCUT2D eigenvalue weighted by Gasteiger charge is -2.37. The molecule has 0 radical (unpaired) electrons. The summed E-state index contributed by atoms with van der Waals surface area (Å²) in [4.78, 5) is 2.47. The Kier molecular flexibility index (Phi) is 3.87. The Morgan fingerprint density at radius 2 is 2.16 bits per heavy atom. The normalized spacial score (nSPS) is 29.2. The van der Waals surface area contributed by atoms with Gasteiger partial charge >= 0.3 is 0 Å². The maximum atomic E-state index is 10.5. The highest BCUT2D eigenvalue weighted by Gasteiger charge is 2.35. The molecule has 3 heteroatoms. The van der Waals surface area contributed by atoms with Crippen LogP contribution >= 0.6 is 0 Å². The lowest BCUT2D eigenvalue weighted by atomic mass is 10.0. The molecule has 3 rings (SSSR count). The molecule has 0 saturated carbocycles. The van der Waals surface area contributed by atoms with E-state index in [9.17, 15) is 5.11 Å². The molecular formula is C16H23NO2. The molecule has 1 aromatic carbocycles. The van der Waals surface area contributed by atoms with Gasteiger partial charge in [-0.1, -0.05) is 31.2 Å². The van der Waals surface area contributed by atoms with E-state index < -0.39 is 6.10 Å². The first-order chi connectivity index (χ1) is 9.28. The summed E-state index contributed by atoms with van der Waals surface area (Å²) >= 11 is 0. The minimum atomic E-state index is -0.507. The van der Waals surface area contributed by atoms with Crippen LogP contribution in [0, 0.1) is 0 Å². The Balaban J connectivity index is 1.67. The highest BCUT2D eigenvalue weighted by Crippen LogP contribution is 2.28. The molecule has 2 aliphatic rings. The second kappa shape index (κ2) is 5.61. The molecular weight excluding hydrogens is 238 g/mol. The molecule has 3 unspecified atom stereocenters. The largest absolute Gasteiger partial charge is 0.386 e. The summed E-state index contributed by atoms with van der Waals surface area (Å²) in [5, 5.41) is 10.5. The van der Waals surface area contributed by atoms with E-state index in [1.807, 2.05) is 12.1 Å². The summed E-state index contributed by atoms with van der Waals surface area (Å²) in [5.74, 6) is 0. The predicted octanol–water partition coefficient (Wildman–Crippen LogP) is 2.15. The van der Waals surface area contributed by atoms with Gasteiger partial charge in [0.1, 0.15) is 12.2 Å². The van der Waals surface area contributed by atoms with Crippen LogP contribution in [-0.2, 0) is 11.2 Å². The summed E-state index contributed by atoms with van der Waals surface area (Å²) < 4.78 is 5.87. The Bertz CT molecular complexity index is 417. The van der Waals surface area contributed by atoms with Crippen LogP contribution in [0.1, 0.15) is 37.0 Å². The average molecular weight is 261 g/mol. The molecule has 104 valence electrons. The quantitative estimate of drug-likeness (QED) is 0.905. The number of benzene rings is 1. The zero-order valence-corrected chi connectivity index (χ0v) is 11.6. The van der Waals surface area contributed by atoms with E-state index in [-0.39, 0.29) is 6.10 Å². The molecule has 3 atom stereocenters. The fourth-order valence-corrected chi connectivity index (χ4v) is 3.20. The van der Waals surface area contributed by atoms with Gasteiger partial charge in [0.2, 0.25) is 0 Å². The third kappa shape index (κ3) is 2.69. The summed E-state index contributed by atoms with van der Waals surface area (Å²) in [5.41, 5.74) is 2.28. The smallest absolute Gasteiger partial charge is 0.106 e. The molecule has 1 aromatic rings. The van der Waals surface area contributed by atoms with Gasteiger partial charge in [0.05, 0.1) is 6.61 Å². The zero-order chi connectivity index (χ0) is 13.2. The fourth-order valence-electron chi connectivity index (χ4n) is 3.20. The van der Waals surface area contributed by atoms with Gasteiger partial charge in [-0.3, -0.25) is 4.90 Å². The van der Waals surface area contributed by atoms with Crippen LogP contribution in [0.25, 0.3) is 0 Å². The number of morpholine rings is 1. The van der Waals surface area contributed by atoms with Crippen molar-refractivity contribution in [2.24, 2.45) is 0 Å². The summed E-state index contributed by atoms with van der Waals surface area (Å²) in [6.07, 6.45) is 2.95. The van der Waals surface area contributed by atoms with Crippen molar-refractivity contribution >= 4 is 0 Å². The van der Waals surface area contributed by atoms with Crippen molar-refractivity contribution < 1.29 is 9.84 Å². The van der Waals surface area contributed by atoms with Gasteiger partial charge in [-0.25, -0.2) is 0 Å². The lowest BCUT2D eigenvalue weighted by Crippen LogP contribution is -2.48. The summed E-state index contributed by atoms with van der Waals surface area (Å²) in [7, 11) is 0. The molecule has 0 bridgehead atoms. The third-order valence-corrected chi connectivity index (χ3v) is 4.50. The predicted molar refractivity (Wildman–Crippen MR) is 75.1 cm³/mol. The monoisotopic (exact) mass is 261 g/mol. The standard InChI is InChI=1S/C16H23NO2/c1-2-12-5-7-13(8-6-12)16(18)15-10-17-9-3-4-14(17)11-19-15/h5-8,14-16,18H,2-4,9-11H2,1H3. The van der Waals surface area contributed by atoms with Gasteiger partial charge < -0.3 is 9.84 Å². The van der Waals surface area contributed by atoms with E-state index in [2.05, 4.69) is 24.0 Å². The van der Waals surface area contributed by atoms with Crippen LogP contribution in [0.2, 0.25) is 0 Å². The van der Waals surface area contributed by atoms with E-state index in [0.29, 0.717) is 6.04 Å². The van der Waals surface area contributed by atoms with E-state index >= 15 is 0 Å². The fraction of sp³-hybridized carbons (Fsp3) is 0.625. The van der Waals surface area contributed by atoms with Crippen LogP contribution < -0.4 is 0 Å². The van der Waals surface area contributed by atoms with Gasteiger partial charge in [-0.2, -0.15) is 0 Å². The van der Waals surface area contributed by atoms with Crippen molar-refractivity contribution in [2.45, 2.75) is 44.4 Å². The van der Waals surface area contributed by atoms with Crippen LogP contribution in [0.15, 0.2) is 24.3 Å². The number of aryl methyl sites for hydroxylation is 1. The minimum Gasteiger partial charge on any atom is -0.386 e. The number of aliphatic hydroxyl groups excluding tert-OH is 1. The van der Waals surface area contributed by atoms with Gasteiger partial charge in [0, 0.05) is 12.6 Å². The number of hydrogen-bond acceptors (Lipinski definition) is 3. The first-order valence-electron chi connectivity index (χ1n) is 7.40. The molecule has 2 heterocycles. The molecule has 1 N–H and O–H groups in total. The second-order valence-corrected chi connectivity index (χ2v) is 5.70. The van der Waals surface area contributed by atoms with Gasteiger partial charge in [-0.15, -0.1) is 0 Å². The molecule has 3 nitrogen and oxygen atoms in total. The molecule has 19 heavy (non-hydrogen) atoms. The van der Waals surface area contributed by atoms with E-state index in [0.717, 1.165) is 31.7 Å². The van der Waals surface area contributed by atoms with Gasteiger partial charge in [0.25, 0.3) is 0 Å². The van der Waals surface area contributed by atoms with E-state index in [1.54, 1.807) is 0 Å². The third-order valence-electron chi connectivity index (χ3n) is 4.50. The number of fused-ring (bicyclic) bond motifs is 1. The van der Waals surface area contributed by atoms with Crippen LogP contribution in [0.5, 0.6) is 0 Å². The highest BCUT2D eigenvalue weighted by atomic mass is 16.5. The van der Waals surface area contributed by atoms with Crippen molar-refractivity contribution in [2.75, 3.05) is 19.7 Å². The lowest BCUT2D eigenvalue weighted by molar-refractivity contribution is -0.103. The topological polar surface area (TPSA) is 32.7 Å². The van der Waals surface area contributed by atoms with Crippen molar-refractivity contribution in [3.05, 3.63) is 35.4 Å². The molecule has 0 aromatic heterocycles. The Morgan fingerprint density at radius 1 is 1.37 bits per heavy atom. The van der Waals surface area contributed by atoms with E-state index in [4.69, 9.17) is 4.74 Å². The summed E-state index contributed by atoms with van der Waals surface area (Å²) in [6.45, 7) is 4.94. The Hall–Kier alpha value is -0.900. The number of rotatable bonds is 3. The number of nitrogens with zero attached hydrogens (tertiary/aromatic N) is 1. The van der Waals surface area contributed by atoms with Crippen LogP contribution in [0.4, 0.5) is 0 Å². The SMILES string of the molecule is CCc1ccc(C(O)C2CN3CCCC3CO2)cc1. The molecule has 2 fully saturated rings. The van der Waals surface area contributed by atoms with Crippen molar-refractivity contribution in [3.63, 3.8) is 0 Å². The van der Waals surface area contributed by atoms with Gasteiger partial charge in [-0.05, 0) is 36.9 Å². The maximum absolute atomic E-state index is 10.5. The number of aliphatic hydroxyl groups is 1. The molecule has 2 saturated heterocycles. The zero-order valence-electron chi connectivity index (χ0n) is 11.6. The summed E-state index contributed by atoms with van der Waals surface area (Å²) in [6, 6.07) is 8.84. The molecule has 0 amide bonds. The molecule has 2 aliphatic heterocycles. The average Bonchev–Trinajstić information content (AvgIpc) is 2.94. The first kappa shape index (κ1) is 13.1. The minimum absolute atomic E-state index is 0.0816. The Morgan fingerprint density at radius 3 is 2.89 bits per heavy atom. The van der Waals surface area contributed by atoms with E-state index in [1.165, 1.54) is 18.4 Å². The van der Waals surface area contributed by atoms with Gasteiger partial charge in [0.15, 0.2) is 0 Å². The molecule has 0 aliphatic carbocycles. The second-order valence-electron chi connectivity index (χ2n) is 5.70. The Labute approximate surface area is 115 Å². The highest BCUT2D eigenvalue weighted by molar-refractivity contribution is 5.25. The number of hydrogen-bond donors (Lipinski definition) is 1. The van der Waals surface area contributed by atoms with Crippen molar-refractivity contribution in [3.8, 4) is 0 Å². The first-order valence-corrected chi connectivity index (χ1v) is 7.40. The molecule has 0 spiro atoms. The van der Waals surface area contributed by atoms with Crippen LogP contribution in [0.3, 0.4) is 0 Å². The van der Waals surface area contributed by atoms with Crippen molar-refractivity contribution in [1.82, 2.24) is 4.90 Å². The number of ether oxygens (including phenoxy) is 1. The van der Waals surface area contributed by atoms with Crippen LogP contribution in [-0.4, -0.2) is 41.8 Å².